The summed E-state index contributed by atoms with van der Waals surface area (Å²) >= 11 is 3.96. The molecule has 0 amide bonds. The number of hydrogen-bond acceptors (Lipinski definition) is 6. The van der Waals surface area contributed by atoms with E-state index in [0.29, 0.717) is 17.4 Å². The summed E-state index contributed by atoms with van der Waals surface area (Å²) in [6.45, 7) is 26.3. The van der Waals surface area contributed by atoms with Gasteiger partial charge >= 0.3 is 0 Å². The second kappa shape index (κ2) is 9.41. The van der Waals surface area contributed by atoms with E-state index in [4.69, 9.17) is 19.9 Å². The van der Waals surface area contributed by atoms with Crippen molar-refractivity contribution in [1.29, 1.82) is 0 Å². The minimum atomic E-state index is -0.334. The molecule has 8 bridgehead atoms. The topological polar surface area (TPSA) is 86.7 Å². The summed E-state index contributed by atoms with van der Waals surface area (Å²) in [7, 11) is 0. The first-order valence-corrected chi connectivity index (χ1v) is 14.8. The molecule has 0 saturated carbocycles. The summed E-state index contributed by atoms with van der Waals surface area (Å²) < 4.78 is 4.13. The van der Waals surface area contributed by atoms with Gasteiger partial charge in [0.1, 0.15) is 0 Å². The lowest BCUT2D eigenvalue weighted by Crippen LogP contribution is -2.26. The van der Waals surface area contributed by atoms with Crippen LogP contribution in [0.4, 0.5) is 5.95 Å². The first-order valence-electron chi connectivity index (χ1n) is 14.1. The van der Waals surface area contributed by atoms with Gasteiger partial charge < -0.3 is 0 Å². The van der Waals surface area contributed by atoms with Crippen LogP contribution in [0.1, 0.15) is 111 Å². The highest BCUT2D eigenvalue weighted by atomic mass is 79.9. The average Bonchev–Trinajstić information content (AvgIpc) is 3.56. The normalized spacial score (nSPS) is 14.5. The van der Waals surface area contributed by atoms with Crippen molar-refractivity contribution in [3.05, 3.63) is 46.4 Å². The monoisotopic (exact) mass is 616 g/mol. The SMILES string of the molecule is CC(C)(C)C1=Nc2nc1c(C(C)(C)C)c1c(C(C)(C)C)cc(cc3nc(cc4nnc(n2)n4C(C)(C)C)C=C3)n1Br. The Hall–Kier alpha value is -3.20. The zero-order valence-corrected chi connectivity index (χ0v) is 27.9. The largest absolute Gasteiger partial charge is 0.287 e. The van der Waals surface area contributed by atoms with Crippen LogP contribution in [0, 0.1) is 5.41 Å². The molecule has 0 aromatic carbocycles. The van der Waals surface area contributed by atoms with Crippen LogP contribution in [0.2, 0.25) is 0 Å². The van der Waals surface area contributed by atoms with E-state index < -0.39 is 0 Å². The molecule has 5 heterocycles. The molecule has 41 heavy (non-hydrogen) atoms. The third-order valence-corrected chi connectivity index (χ3v) is 7.92. The van der Waals surface area contributed by atoms with Crippen LogP contribution in [0.3, 0.4) is 0 Å². The molecule has 8 nitrogen and oxygen atoms in total. The molecule has 0 radical (unpaired) electrons. The Labute approximate surface area is 251 Å². The van der Waals surface area contributed by atoms with Crippen LogP contribution >= 0.6 is 16.1 Å². The van der Waals surface area contributed by atoms with Crippen molar-refractivity contribution in [2.45, 2.75) is 99.5 Å². The lowest BCUT2D eigenvalue weighted by atomic mass is 9.77. The van der Waals surface area contributed by atoms with E-state index in [1.807, 2.05) is 22.8 Å². The Morgan fingerprint density at radius 3 is 1.88 bits per heavy atom. The molecule has 216 valence electrons. The van der Waals surface area contributed by atoms with E-state index in [0.717, 1.165) is 39.4 Å². The van der Waals surface area contributed by atoms with Crippen molar-refractivity contribution in [2.75, 3.05) is 0 Å². The van der Waals surface area contributed by atoms with Crippen LogP contribution in [-0.4, -0.2) is 39.0 Å². The molecular formula is C32H41BrN8. The Kier molecular flexibility index (Phi) is 6.72. The van der Waals surface area contributed by atoms with E-state index >= 15 is 0 Å². The van der Waals surface area contributed by atoms with Crippen molar-refractivity contribution >= 4 is 62.4 Å². The van der Waals surface area contributed by atoms with Gasteiger partial charge in [0.25, 0.3) is 11.7 Å². The molecule has 3 aromatic heterocycles. The first-order chi connectivity index (χ1) is 18.7. The van der Waals surface area contributed by atoms with Crippen molar-refractivity contribution < 1.29 is 0 Å². The molecule has 0 saturated heterocycles. The van der Waals surface area contributed by atoms with Gasteiger partial charge in [0.15, 0.2) is 5.65 Å². The van der Waals surface area contributed by atoms with Crippen LogP contribution in [0.25, 0.3) is 34.6 Å². The molecule has 5 rings (SSSR count). The number of aromatic nitrogens is 7. The highest BCUT2D eigenvalue weighted by Crippen LogP contribution is 2.41. The molecule has 0 atom stereocenters. The van der Waals surface area contributed by atoms with Gasteiger partial charge in [-0.1, -0.05) is 62.3 Å². The van der Waals surface area contributed by atoms with E-state index in [9.17, 15) is 0 Å². The molecule has 0 unspecified atom stereocenters. The highest BCUT2D eigenvalue weighted by Gasteiger charge is 2.35. The molecule has 9 heteroatoms. The zero-order chi connectivity index (χ0) is 30.3. The predicted molar refractivity (Wildman–Crippen MR) is 173 cm³/mol. The van der Waals surface area contributed by atoms with Crippen LogP contribution < -0.4 is 0 Å². The summed E-state index contributed by atoms with van der Waals surface area (Å²) in [6.07, 6.45) is 4.04. The number of fused-ring (bicyclic) bond motifs is 8. The summed E-state index contributed by atoms with van der Waals surface area (Å²) in [6, 6.07) is 6.31. The Balaban J connectivity index is 2.11. The van der Waals surface area contributed by atoms with Gasteiger partial charge in [-0.25, -0.2) is 15.0 Å². The quantitative estimate of drug-likeness (QED) is 0.198. The number of halogens is 1. The van der Waals surface area contributed by atoms with Gasteiger partial charge in [-0.2, -0.15) is 4.98 Å². The van der Waals surface area contributed by atoms with Gasteiger partial charge in [0.05, 0.1) is 50.0 Å². The van der Waals surface area contributed by atoms with Crippen molar-refractivity contribution in [3.8, 4) is 0 Å². The highest BCUT2D eigenvalue weighted by molar-refractivity contribution is 9.08. The Bertz CT molecular complexity index is 1780. The van der Waals surface area contributed by atoms with E-state index in [-0.39, 0.29) is 21.8 Å². The molecule has 0 aliphatic carbocycles. The van der Waals surface area contributed by atoms with Crippen LogP contribution in [0.5, 0.6) is 0 Å². The number of hydrogen-bond donors (Lipinski definition) is 0. The second-order valence-electron chi connectivity index (χ2n) is 15.0. The maximum Gasteiger partial charge on any atom is 0.254 e. The lowest BCUT2D eigenvalue weighted by molar-refractivity contribution is 0.418. The van der Waals surface area contributed by atoms with E-state index in [2.05, 4.69) is 125 Å². The third-order valence-electron chi connectivity index (χ3n) is 7.16. The average molecular weight is 618 g/mol. The fourth-order valence-electron chi connectivity index (χ4n) is 5.34. The minimum Gasteiger partial charge on any atom is -0.287 e. The molecule has 2 aliphatic heterocycles. The van der Waals surface area contributed by atoms with Crippen molar-refractivity contribution in [1.82, 2.24) is 33.3 Å². The summed E-state index contributed by atoms with van der Waals surface area (Å²) in [5, 5.41) is 8.98. The van der Waals surface area contributed by atoms with Crippen LogP contribution in [-0.2, 0) is 16.4 Å². The Morgan fingerprint density at radius 1 is 0.683 bits per heavy atom. The molecule has 0 spiro atoms. The minimum absolute atomic E-state index is 0.136. The molecule has 0 fully saturated rings. The number of aliphatic imine (C=N–C) groups is 1. The fraction of sp³-hybridized carbons (Fsp3) is 0.500. The van der Waals surface area contributed by atoms with E-state index in [1.54, 1.807) is 0 Å². The standard InChI is InChI=1S/C32H41BrN8/c1-29(2,3)21-17-20-15-18-13-14-19(34-18)16-22-38-39-28(40(22)32(10,11)12)37-27-35-24(26(36-27)31(7,8)9)23(30(4,5)6)25(21)41(20)33/h13-17H,1-12H3. The second-order valence-corrected chi connectivity index (χ2v) is 15.7. The maximum atomic E-state index is 5.16. The Morgan fingerprint density at radius 2 is 1.32 bits per heavy atom. The first kappa shape index (κ1) is 29.3. The van der Waals surface area contributed by atoms with Crippen LogP contribution in [0.15, 0.2) is 23.2 Å². The van der Waals surface area contributed by atoms with Gasteiger partial charge in [0, 0.05) is 22.6 Å². The summed E-state index contributed by atoms with van der Waals surface area (Å²) in [5.74, 6) is 0.846. The maximum absolute atomic E-state index is 5.16. The zero-order valence-electron chi connectivity index (χ0n) is 26.3. The number of nitrogens with zero attached hydrogens (tertiary/aromatic N) is 8. The summed E-state index contributed by atoms with van der Waals surface area (Å²) in [4.78, 5) is 20.0. The third kappa shape index (κ3) is 5.41. The number of rotatable bonds is 0. The van der Waals surface area contributed by atoms with E-state index in [1.165, 1.54) is 5.56 Å². The van der Waals surface area contributed by atoms with Gasteiger partial charge in [0.2, 0.25) is 0 Å². The van der Waals surface area contributed by atoms with Crippen molar-refractivity contribution in [3.63, 3.8) is 0 Å². The smallest absolute Gasteiger partial charge is 0.254 e. The lowest BCUT2D eigenvalue weighted by Gasteiger charge is -2.28. The molecule has 2 aliphatic rings. The van der Waals surface area contributed by atoms with Gasteiger partial charge in [-0.15, -0.1) is 10.2 Å². The molecule has 0 N–H and O–H groups in total. The molecular weight excluding hydrogens is 576 g/mol. The van der Waals surface area contributed by atoms with Gasteiger partial charge in [-0.05, 0) is 61.4 Å². The predicted octanol–water partition coefficient (Wildman–Crippen LogP) is 8.29. The molecule has 3 aromatic rings. The van der Waals surface area contributed by atoms with Crippen molar-refractivity contribution in [2.24, 2.45) is 10.4 Å². The summed E-state index contributed by atoms with van der Waals surface area (Å²) in [5.41, 5.74) is 7.50. The fourth-order valence-corrected chi connectivity index (χ4v) is 5.91. The van der Waals surface area contributed by atoms with Gasteiger partial charge in [-0.3, -0.25) is 8.16 Å².